The van der Waals surface area contributed by atoms with E-state index in [-0.39, 0.29) is 23.0 Å². The van der Waals surface area contributed by atoms with Gasteiger partial charge in [-0.1, -0.05) is 23.5 Å². The summed E-state index contributed by atoms with van der Waals surface area (Å²) < 4.78 is 31.4. The third-order valence-corrected chi connectivity index (χ3v) is 8.82. The van der Waals surface area contributed by atoms with Crippen LogP contribution in [0.5, 0.6) is 5.75 Å². The van der Waals surface area contributed by atoms with Gasteiger partial charge < -0.3 is 14.5 Å². The smallest absolute Gasteiger partial charge is 0.223 e. The van der Waals surface area contributed by atoms with Gasteiger partial charge in [0.2, 0.25) is 5.91 Å². The molecule has 1 fully saturated rings. The van der Waals surface area contributed by atoms with Gasteiger partial charge in [0.25, 0.3) is 0 Å². The zero-order chi connectivity index (χ0) is 22.9. The van der Waals surface area contributed by atoms with E-state index in [4.69, 9.17) is 9.72 Å². The van der Waals surface area contributed by atoms with Crippen LogP contribution < -0.4 is 9.64 Å². The Morgan fingerprint density at radius 2 is 1.69 bits per heavy atom. The highest BCUT2D eigenvalue weighted by molar-refractivity contribution is 7.91. The van der Waals surface area contributed by atoms with Crippen molar-refractivity contribution in [2.75, 3.05) is 43.9 Å². The number of hydrogen-bond acceptors (Lipinski definition) is 7. The molecule has 170 valence electrons. The largest absolute Gasteiger partial charge is 0.497 e. The van der Waals surface area contributed by atoms with E-state index in [1.54, 1.807) is 28.4 Å². The molecule has 2 aromatic carbocycles. The molecule has 2 heterocycles. The van der Waals surface area contributed by atoms with Crippen LogP contribution in [0.4, 0.5) is 5.13 Å². The molecule has 9 heteroatoms. The first-order valence-corrected chi connectivity index (χ1v) is 13.0. The zero-order valence-electron chi connectivity index (χ0n) is 18.5. The summed E-state index contributed by atoms with van der Waals surface area (Å²) in [6, 6.07) is 10.5. The molecular formula is C23H27N3O4S2. The van der Waals surface area contributed by atoms with E-state index >= 15 is 0 Å². The van der Waals surface area contributed by atoms with Crippen molar-refractivity contribution >= 4 is 42.4 Å². The Morgan fingerprint density at radius 1 is 1.03 bits per heavy atom. The Balaban J connectivity index is 1.34. The summed E-state index contributed by atoms with van der Waals surface area (Å²) in [6.45, 7) is 6.68. The summed E-state index contributed by atoms with van der Waals surface area (Å²) in [4.78, 5) is 21.7. The lowest BCUT2D eigenvalue weighted by molar-refractivity contribution is -0.131. The van der Waals surface area contributed by atoms with Gasteiger partial charge in [0.1, 0.15) is 5.75 Å². The van der Waals surface area contributed by atoms with Crippen molar-refractivity contribution in [1.82, 2.24) is 9.88 Å². The van der Waals surface area contributed by atoms with Gasteiger partial charge >= 0.3 is 0 Å². The number of piperazine rings is 1. The average molecular weight is 474 g/mol. The van der Waals surface area contributed by atoms with Gasteiger partial charge in [-0.3, -0.25) is 4.79 Å². The van der Waals surface area contributed by atoms with Crippen LogP contribution in [0.1, 0.15) is 17.5 Å². The second-order valence-corrected chi connectivity index (χ2v) is 11.1. The molecule has 0 spiro atoms. The maximum atomic E-state index is 12.7. The fraction of sp³-hybridized carbons (Fsp3) is 0.391. The number of thiazole rings is 1. The van der Waals surface area contributed by atoms with Crippen molar-refractivity contribution in [2.45, 2.75) is 25.2 Å². The maximum Gasteiger partial charge on any atom is 0.223 e. The van der Waals surface area contributed by atoms with Gasteiger partial charge in [0.15, 0.2) is 15.0 Å². The number of fused-ring (bicyclic) bond motifs is 1. The monoisotopic (exact) mass is 473 g/mol. The standard InChI is InChI=1S/C23H27N3O4S2/c1-16-4-5-17(2)22-21(16)24-23(31-22)26-13-11-25(12-14-26)20(27)10-15-32(28,29)19-8-6-18(30-3)7-9-19/h4-9H,10-15H2,1-3H3. The number of hydrogen-bond donors (Lipinski definition) is 0. The molecule has 1 amide bonds. The van der Waals surface area contributed by atoms with E-state index in [9.17, 15) is 13.2 Å². The minimum atomic E-state index is -3.52. The average Bonchev–Trinajstić information content (AvgIpc) is 3.27. The predicted octanol–water partition coefficient (Wildman–Crippen LogP) is 3.43. The van der Waals surface area contributed by atoms with Crippen molar-refractivity contribution < 1.29 is 17.9 Å². The van der Waals surface area contributed by atoms with Crippen LogP contribution in [0.3, 0.4) is 0 Å². The molecular weight excluding hydrogens is 446 g/mol. The Labute approximate surface area is 192 Å². The van der Waals surface area contributed by atoms with Crippen LogP contribution in [0.2, 0.25) is 0 Å². The first-order chi connectivity index (χ1) is 15.3. The number of benzene rings is 2. The van der Waals surface area contributed by atoms with Crippen molar-refractivity contribution in [3.05, 3.63) is 47.5 Å². The van der Waals surface area contributed by atoms with Crippen LogP contribution in [-0.4, -0.2) is 63.3 Å². The van der Waals surface area contributed by atoms with Crippen LogP contribution >= 0.6 is 11.3 Å². The van der Waals surface area contributed by atoms with Gasteiger partial charge in [-0.25, -0.2) is 13.4 Å². The number of aryl methyl sites for hydroxylation is 2. The number of amides is 1. The Morgan fingerprint density at radius 3 is 2.31 bits per heavy atom. The number of methoxy groups -OCH3 is 1. The molecule has 4 rings (SSSR count). The van der Waals surface area contributed by atoms with E-state index in [0.717, 1.165) is 10.6 Å². The topological polar surface area (TPSA) is 79.8 Å². The van der Waals surface area contributed by atoms with Gasteiger partial charge in [-0.15, -0.1) is 0 Å². The highest BCUT2D eigenvalue weighted by Crippen LogP contribution is 2.33. The minimum absolute atomic E-state index is 0.0200. The van der Waals surface area contributed by atoms with Gasteiger partial charge in [0.05, 0.1) is 28.0 Å². The van der Waals surface area contributed by atoms with E-state index in [0.29, 0.717) is 31.9 Å². The van der Waals surface area contributed by atoms with E-state index in [2.05, 4.69) is 30.9 Å². The lowest BCUT2D eigenvalue weighted by atomic mass is 10.1. The molecule has 1 aromatic heterocycles. The second kappa shape index (κ2) is 9.07. The molecule has 0 saturated carbocycles. The summed E-state index contributed by atoms with van der Waals surface area (Å²) in [6.07, 6.45) is -0.0200. The Hall–Kier alpha value is -2.65. The number of nitrogens with zero attached hydrogens (tertiary/aromatic N) is 3. The quantitative estimate of drug-likeness (QED) is 0.546. The highest BCUT2D eigenvalue weighted by Gasteiger charge is 2.25. The molecule has 0 aliphatic carbocycles. The van der Waals surface area contributed by atoms with E-state index in [1.165, 1.54) is 35.1 Å². The fourth-order valence-corrected chi connectivity index (χ4v) is 6.20. The maximum absolute atomic E-state index is 12.7. The Kier molecular flexibility index (Phi) is 6.39. The third kappa shape index (κ3) is 4.59. The van der Waals surface area contributed by atoms with Crippen molar-refractivity contribution in [3.8, 4) is 5.75 Å². The number of carbonyl (C=O) groups excluding carboxylic acids is 1. The van der Waals surface area contributed by atoms with Gasteiger partial charge in [0, 0.05) is 32.6 Å². The highest BCUT2D eigenvalue weighted by atomic mass is 32.2. The Bertz CT molecular complexity index is 1190. The number of ether oxygens (including phenoxy) is 1. The molecule has 32 heavy (non-hydrogen) atoms. The van der Waals surface area contributed by atoms with Crippen LogP contribution in [-0.2, 0) is 14.6 Å². The molecule has 1 aliphatic rings. The SMILES string of the molecule is COc1ccc(S(=O)(=O)CCC(=O)N2CCN(c3nc4c(C)ccc(C)c4s3)CC2)cc1. The van der Waals surface area contributed by atoms with Crippen LogP contribution in [0, 0.1) is 13.8 Å². The summed E-state index contributed by atoms with van der Waals surface area (Å²) >= 11 is 1.69. The van der Waals surface area contributed by atoms with Gasteiger partial charge in [-0.05, 0) is 49.2 Å². The van der Waals surface area contributed by atoms with Crippen molar-refractivity contribution in [3.63, 3.8) is 0 Å². The van der Waals surface area contributed by atoms with E-state index < -0.39 is 9.84 Å². The zero-order valence-corrected chi connectivity index (χ0v) is 20.1. The predicted molar refractivity (Wildman–Crippen MR) is 128 cm³/mol. The third-order valence-electron chi connectivity index (χ3n) is 5.84. The lowest BCUT2D eigenvalue weighted by Crippen LogP contribution is -2.49. The molecule has 1 aliphatic heterocycles. The summed E-state index contributed by atoms with van der Waals surface area (Å²) in [5, 5.41) is 0.978. The molecule has 7 nitrogen and oxygen atoms in total. The number of anilines is 1. The number of sulfone groups is 1. The molecule has 0 radical (unpaired) electrons. The van der Waals surface area contributed by atoms with Crippen LogP contribution in [0.15, 0.2) is 41.3 Å². The number of rotatable bonds is 6. The molecule has 3 aromatic rings. The first-order valence-electron chi connectivity index (χ1n) is 10.5. The second-order valence-electron chi connectivity index (χ2n) is 7.99. The van der Waals surface area contributed by atoms with Crippen LogP contribution in [0.25, 0.3) is 10.2 Å². The summed E-state index contributed by atoms with van der Waals surface area (Å²) in [7, 11) is -1.99. The van der Waals surface area contributed by atoms with Crippen molar-refractivity contribution in [2.24, 2.45) is 0 Å². The van der Waals surface area contributed by atoms with E-state index in [1.807, 2.05) is 0 Å². The summed E-state index contributed by atoms with van der Waals surface area (Å²) in [5.74, 6) is 0.267. The minimum Gasteiger partial charge on any atom is -0.497 e. The number of aromatic nitrogens is 1. The molecule has 1 saturated heterocycles. The number of carbonyl (C=O) groups is 1. The molecule has 0 N–H and O–H groups in total. The lowest BCUT2D eigenvalue weighted by Gasteiger charge is -2.34. The van der Waals surface area contributed by atoms with Gasteiger partial charge in [-0.2, -0.15) is 0 Å². The summed E-state index contributed by atoms with van der Waals surface area (Å²) in [5.41, 5.74) is 3.44. The van der Waals surface area contributed by atoms with Crippen molar-refractivity contribution in [1.29, 1.82) is 0 Å². The molecule has 0 unspecified atom stereocenters. The normalized spacial score (nSPS) is 14.7. The first kappa shape index (κ1) is 22.5. The fourth-order valence-electron chi connectivity index (χ4n) is 3.81. The molecule has 0 atom stereocenters. The molecule has 0 bridgehead atoms.